The SMILES string of the molecule is O=c1cc(-c2ccc(O)cc2)oc2c(C3OC(CO)C(O)C(O)C3O)c(O)c(C3CC(O)C(O)C(CO)O3)c(O)c12. The third kappa shape index (κ3) is 4.92. The Bertz CT molecular complexity index is 1470. The first-order valence-electron chi connectivity index (χ1n) is 12.8. The Labute approximate surface area is 231 Å². The van der Waals surface area contributed by atoms with Gasteiger partial charge in [0.15, 0.2) is 11.0 Å². The highest BCUT2D eigenvalue weighted by atomic mass is 16.5. The predicted octanol–water partition coefficient (Wildman–Crippen LogP) is -1.36. The van der Waals surface area contributed by atoms with Crippen LogP contribution in [0.2, 0.25) is 0 Å². The van der Waals surface area contributed by atoms with Gasteiger partial charge in [0.05, 0.1) is 36.5 Å². The number of benzene rings is 2. The van der Waals surface area contributed by atoms with E-state index in [2.05, 4.69) is 0 Å². The monoisotopic (exact) mass is 578 g/mol. The molecule has 9 unspecified atom stereocenters. The van der Waals surface area contributed by atoms with Crippen molar-refractivity contribution in [3.8, 4) is 28.6 Å². The number of aliphatic hydroxyl groups is 7. The molecular formula is C27H30O14. The summed E-state index contributed by atoms with van der Waals surface area (Å²) < 4.78 is 17.2. The minimum atomic E-state index is -1.94. The normalized spacial score (nSPS) is 32.3. The summed E-state index contributed by atoms with van der Waals surface area (Å²) in [6.07, 6.45) is -14.8. The lowest BCUT2D eigenvalue weighted by Gasteiger charge is -2.41. The Hall–Kier alpha value is -3.31. The van der Waals surface area contributed by atoms with E-state index < -0.39 is 114 Å². The largest absolute Gasteiger partial charge is 0.508 e. The standard InChI is InChI=1S/C27H30O14/c28-7-15-20(33)12(32)6-14(39-15)18-22(35)17-11(31)5-13(9-1-3-10(30)4-2-9)40-26(17)19(23(18)36)27-25(38)24(37)21(34)16(8-29)41-27/h1-5,12,14-16,20-21,24-25,27-30,32-38H,6-8H2. The molecule has 2 aliphatic rings. The maximum atomic E-state index is 13.4. The number of hydrogen-bond donors (Lipinski definition) is 10. The fourth-order valence-electron chi connectivity index (χ4n) is 5.37. The number of phenolic OH excluding ortho intramolecular Hbond substituents is 3. The highest BCUT2D eigenvalue weighted by molar-refractivity contribution is 5.91. The number of ether oxygens (including phenoxy) is 2. The minimum absolute atomic E-state index is 0.0696. The van der Waals surface area contributed by atoms with Gasteiger partial charge in [-0.25, -0.2) is 0 Å². The molecule has 14 nitrogen and oxygen atoms in total. The van der Waals surface area contributed by atoms with Gasteiger partial charge in [0.1, 0.15) is 71.1 Å². The molecule has 9 atom stereocenters. The molecule has 2 fully saturated rings. The molecular weight excluding hydrogens is 548 g/mol. The fourth-order valence-corrected chi connectivity index (χ4v) is 5.37. The molecule has 0 spiro atoms. The van der Waals surface area contributed by atoms with Gasteiger partial charge in [0, 0.05) is 18.1 Å². The van der Waals surface area contributed by atoms with Crippen molar-refractivity contribution in [1.82, 2.24) is 0 Å². The second kappa shape index (κ2) is 11.2. The van der Waals surface area contributed by atoms with Crippen LogP contribution in [0.5, 0.6) is 17.2 Å². The Morgan fingerprint density at radius 2 is 1.39 bits per heavy atom. The lowest BCUT2D eigenvalue weighted by molar-refractivity contribution is -0.231. The molecule has 0 radical (unpaired) electrons. The Morgan fingerprint density at radius 3 is 2.02 bits per heavy atom. The van der Waals surface area contributed by atoms with Crippen molar-refractivity contribution in [2.24, 2.45) is 0 Å². The van der Waals surface area contributed by atoms with Crippen molar-refractivity contribution >= 4 is 11.0 Å². The van der Waals surface area contributed by atoms with Crippen LogP contribution in [0, 0.1) is 0 Å². The van der Waals surface area contributed by atoms with Crippen LogP contribution in [0.3, 0.4) is 0 Å². The minimum Gasteiger partial charge on any atom is -0.508 e. The van der Waals surface area contributed by atoms with E-state index in [0.29, 0.717) is 5.56 Å². The van der Waals surface area contributed by atoms with E-state index in [-0.39, 0.29) is 11.5 Å². The maximum absolute atomic E-state index is 13.4. The number of hydrogen-bond acceptors (Lipinski definition) is 14. The summed E-state index contributed by atoms with van der Waals surface area (Å²) in [5, 5.41) is 103. The van der Waals surface area contributed by atoms with Gasteiger partial charge in [-0.05, 0) is 24.3 Å². The van der Waals surface area contributed by atoms with Crippen molar-refractivity contribution in [3.05, 3.63) is 51.7 Å². The van der Waals surface area contributed by atoms with Crippen molar-refractivity contribution in [2.45, 2.75) is 61.4 Å². The summed E-state index contributed by atoms with van der Waals surface area (Å²) >= 11 is 0. The molecule has 2 aliphatic heterocycles. The van der Waals surface area contributed by atoms with Crippen LogP contribution in [0.4, 0.5) is 0 Å². The molecule has 41 heavy (non-hydrogen) atoms. The van der Waals surface area contributed by atoms with E-state index >= 15 is 0 Å². The summed E-state index contributed by atoms with van der Waals surface area (Å²) in [6.45, 7) is -1.54. The third-order valence-corrected chi connectivity index (χ3v) is 7.59. The second-order valence-corrected chi connectivity index (χ2v) is 10.1. The van der Waals surface area contributed by atoms with Gasteiger partial charge >= 0.3 is 0 Å². The zero-order valence-electron chi connectivity index (χ0n) is 21.3. The molecule has 0 bridgehead atoms. The quantitative estimate of drug-likeness (QED) is 0.168. The van der Waals surface area contributed by atoms with Crippen LogP contribution in [0.15, 0.2) is 39.5 Å². The second-order valence-electron chi connectivity index (χ2n) is 10.1. The zero-order chi connectivity index (χ0) is 29.7. The highest BCUT2D eigenvalue weighted by Gasteiger charge is 2.48. The molecule has 3 aromatic rings. The van der Waals surface area contributed by atoms with E-state index in [1.165, 1.54) is 24.3 Å². The topological polar surface area (TPSA) is 251 Å². The third-order valence-electron chi connectivity index (χ3n) is 7.59. The molecule has 0 amide bonds. The zero-order valence-corrected chi connectivity index (χ0v) is 21.3. The van der Waals surface area contributed by atoms with E-state index in [4.69, 9.17) is 13.9 Å². The predicted molar refractivity (Wildman–Crippen MR) is 137 cm³/mol. The number of fused-ring (bicyclic) bond motifs is 1. The smallest absolute Gasteiger partial charge is 0.197 e. The molecule has 5 rings (SSSR count). The molecule has 3 heterocycles. The van der Waals surface area contributed by atoms with Crippen molar-refractivity contribution in [3.63, 3.8) is 0 Å². The molecule has 222 valence electrons. The molecule has 2 saturated heterocycles. The summed E-state index contributed by atoms with van der Waals surface area (Å²) in [4.78, 5) is 13.4. The number of rotatable bonds is 5. The van der Waals surface area contributed by atoms with Crippen LogP contribution in [0.25, 0.3) is 22.3 Å². The van der Waals surface area contributed by atoms with Crippen molar-refractivity contribution < 1.29 is 65.0 Å². The van der Waals surface area contributed by atoms with Crippen molar-refractivity contribution in [1.29, 1.82) is 0 Å². The van der Waals surface area contributed by atoms with Crippen LogP contribution < -0.4 is 5.43 Å². The fraction of sp³-hybridized carbons (Fsp3) is 0.444. The van der Waals surface area contributed by atoms with Crippen LogP contribution >= 0.6 is 0 Å². The summed E-state index contributed by atoms with van der Waals surface area (Å²) in [7, 11) is 0. The van der Waals surface area contributed by atoms with Gasteiger partial charge in [-0.3, -0.25) is 4.79 Å². The van der Waals surface area contributed by atoms with Crippen LogP contribution in [0.1, 0.15) is 29.8 Å². The van der Waals surface area contributed by atoms with Crippen molar-refractivity contribution in [2.75, 3.05) is 13.2 Å². The first kappa shape index (κ1) is 29.2. The average molecular weight is 579 g/mol. The Kier molecular flexibility index (Phi) is 7.95. The van der Waals surface area contributed by atoms with Gasteiger partial charge in [0.2, 0.25) is 0 Å². The highest BCUT2D eigenvalue weighted by Crippen LogP contribution is 2.50. The molecule has 0 saturated carbocycles. The van der Waals surface area contributed by atoms with Gasteiger partial charge in [-0.1, -0.05) is 0 Å². The molecule has 1 aromatic heterocycles. The lowest BCUT2D eigenvalue weighted by Crippen LogP contribution is -2.55. The summed E-state index contributed by atoms with van der Waals surface area (Å²) in [5.41, 5.74) is -1.90. The summed E-state index contributed by atoms with van der Waals surface area (Å²) in [5.74, 6) is -1.80. The van der Waals surface area contributed by atoms with Gasteiger partial charge in [0.25, 0.3) is 0 Å². The molecule has 14 heteroatoms. The first-order chi connectivity index (χ1) is 19.5. The Morgan fingerprint density at radius 1 is 0.756 bits per heavy atom. The first-order valence-corrected chi connectivity index (χ1v) is 12.8. The van der Waals surface area contributed by atoms with Gasteiger partial charge in [-0.2, -0.15) is 0 Å². The number of aliphatic hydroxyl groups excluding tert-OH is 7. The molecule has 0 aliphatic carbocycles. The lowest BCUT2D eigenvalue weighted by atomic mass is 9.86. The van der Waals surface area contributed by atoms with Crippen LogP contribution in [-0.4, -0.2) is 107 Å². The van der Waals surface area contributed by atoms with E-state index in [1.54, 1.807) is 0 Å². The number of aromatic hydroxyl groups is 3. The van der Waals surface area contributed by atoms with E-state index in [9.17, 15) is 55.9 Å². The summed E-state index contributed by atoms with van der Waals surface area (Å²) in [6, 6.07) is 6.54. The number of phenols is 3. The van der Waals surface area contributed by atoms with Gasteiger partial charge < -0.3 is 65.0 Å². The van der Waals surface area contributed by atoms with E-state index in [0.717, 1.165) is 6.07 Å². The van der Waals surface area contributed by atoms with E-state index in [1.807, 2.05) is 0 Å². The van der Waals surface area contributed by atoms with Crippen LogP contribution in [-0.2, 0) is 9.47 Å². The molecule has 2 aromatic carbocycles. The average Bonchev–Trinajstić information content (AvgIpc) is 2.94. The maximum Gasteiger partial charge on any atom is 0.197 e. The molecule has 10 N–H and O–H groups in total. The van der Waals surface area contributed by atoms with Gasteiger partial charge in [-0.15, -0.1) is 0 Å². The Balaban J connectivity index is 1.79.